The summed E-state index contributed by atoms with van der Waals surface area (Å²) in [6, 6.07) is 6.03. The van der Waals surface area contributed by atoms with E-state index >= 15 is 0 Å². The Morgan fingerprint density at radius 1 is 1.38 bits per heavy atom. The van der Waals surface area contributed by atoms with Crippen molar-refractivity contribution in [2.75, 3.05) is 0 Å². The molecule has 0 bridgehead atoms. The lowest BCUT2D eigenvalue weighted by Crippen LogP contribution is -2.10. The van der Waals surface area contributed by atoms with Crippen LogP contribution in [0.3, 0.4) is 0 Å². The second kappa shape index (κ2) is 5.12. The Bertz CT molecular complexity index is 450. The maximum absolute atomic E-state index is 9.69. The highest BCUT2D eigenvalue weighted by Gasteiger charge is 2.05. The number of aliphatic hydroxyl groups excluding tert-OH is 1. The molecule has 0 radical (unpaired) electrons. The number of aromatic nitrogens is 2. The van der Waals surface area contributed by atoms with Crippen LogP contribution in [0.2, 0.25) is 0 Å². The number of nitrogens with zero attached hydrogens (tertiary/aromatic N) is 2. The summed E-state index contributed by atoms with van der Waals surface area (Å²) in [7, 11) is 0. The van der Waals surface area contributed by atoms with Gasteiger partial charge in [-0.3, -0.25) is 4.98 Å². The molecule has 0 aliphatic carbocycles. The first-order chi connectivity index (χ1) is 7.81. The van der Waals surface area contributed by atoms with Gasteiger partial charge in [0, 0.05) is 18.9 Å². The van der Waals surface area contributed by atoms with E-state index in [2.05, 4.69) is 22.5 Å². The monoisotopic (exact) mass is 218 g/mol. The Hall–Kier alpha value is -1.35. The van der Waals surface area contributed by atoms with Gasteiger partial charge in [0.2, 0.25) is 0 Å². The molecule has 1 unspecified atom stereocenters. The second-order valence-corrected chi connectivity index (χ2v) is 4.15. The molecule has 86 valence electrons. The van der Waals surface area contributed by atoms with Gasteiger partial charge in [0.1, 0.15) is 0 Å². The van der Waals surface area contributed by atoms with Crippen molar-refractivity contribution < 1.29 is 5.11 Å². The van der Waals surface area contributed by atoms with Crippen molar-refractivity contribution in [3.63, 3.8) is 0 Å². The first-order valence-electron chi connectivity index (χ1n) is 5.89. The highest BCUT2D eigenvalue weighted by molar-refractivity contribution is 5.75. The third kappa shape index (κ3) is 2.42. The lowest BCUT2D eigenvalue weighted by atomic mass is 10.1. The summed E-state index contributed by atoms with van der Waals surface area (Å²) in [5.41, 5.74) is 2.17. The summed E-state index contributed by atoms with van der Waals surface area (Å²) < 4.78 is 2.15. The standard InChI is InChI=1S/C13H18N2O/c1-2-4-11(16)6-9-15-10-7-12-13(15)5-3-8-14-12/h3,5,7-8,10-11,16H,2,4,6,9H2,1H3. The number of aryl methyl sites for hydroxylation is 1. The molecule has 16 heavy (non-hydrogen) atoms. The Labute approximate surface area is 95.7 Å². The van der Waals surface area contributed by atoms with Crippen LogP contribution in [0.5, 0.6) is 0 Å². The van der Waals surface area contributed by atoms with E-state index in [0.29, 0.717) is 0 Å². The van der Waals surface area contributed by atoms with Crippen LogP contribution in [-0.4, -0.2) is 20.8 Å². The van der Waals surface area contributed by atoms with Crippen molar-refractivity contribution in [2.45, 2.75) is 38.8 Å². The summed E-state index contributed by atoms with van der Waals surface area (Å²) in [6.45, 7) is 2.95. The fourth-order valence-electron chi connectivity index (χ4n) is 1.98. The van der Waals surface area contributed by atoms with Crippen LogP contribution in [0.4, 0.5) is 0 Å². The van der Waals surface area contributed by atoms with E-state index in [-0.39, 0.29) is 6.10 Å². The molecule has 0 aliphatic heterocycles. The van der Waals surface area contributed by atoms with Crippen molar-refractivity contribution in [3.05, 3.63) is 30.6 Å². The third-order valence-corrected chi connectivity index (χ3v) is 2.86. The third-order valence-electron chi connectivity index (χ3n) is 2.86. The highest BCUT2D eigenvalue weighted by Crippen LogP contribution is 2.14. The number of hydrogen-bond donors (Lipinski definition) is 1. The van der Waals surface area contributed by atoms with Crippen molar-refractivity contribution in [3.8, 4) is 0 Å². The molecule has 0 saturated heterocycles. The lowest BCUT2D eigenvalue weighted by Gasteiger charge is -2.10. The number of hydrogen-bond acceptors (Lipinski definition) is 2. The van der Waals surface area contributed by atoms with Crippen molar-refractivity contribution >= 4 is 11.0 Å². The summed E-state index contributed by atoms with van der Waals surface area (Å²) in [6.07, 6.45) is 6.40. The van der Waals surface area contributed by atoms with Crippen molar-refractivity contribution in [1.29, 1.82) is 0 Å². The summed E-state index contributed by atoms with van der Waals surface area (Å²) in [4.78, 5) is 4.28. The second-order valence-electron chi connectivity index (χ2n) is 4.15. The predicted molar refractivity (Wildman–Crippen MR) is 65.3 cm³/mol. The van der Waals surface area contributed by atoms with Crippen LogP contribution in [0, 0.1) is 0 Å². The molecule has 0 spiro atoms. The average molecular weight is 218 g/mol. The van der Waals surface area contributed by atoms with Crippen molar-refractivity contribution in [2.24, 2.45) is 0 Å². The first-order valence-corrected chi connectivity index (χ1v) is 5.89. The molecule has 0 aromatic carbocycles. The van der Waals surface area contributed by atoms with Crippen LogP contribution in [-0.2, 0) is 6.54 Å². The zero-order valence-electron chi connectivity index (χ0n) is 9.63. The fourth-order valence-corrected chi connectivity index (χ4v) is 1.98. The van der Waals surface area contributed by atoms with Gasteiger partial charge in [0.05, 0.1) is 17.1 Å². The maximum atomic E-state index is 9.69. The Balaban J connectivity index is 2.04. The molecule has 2 aromatic heterocycles. The van der Waals surface area contributed by atoms with Gasteiger partial charge in [-0.1, -0.05) is 13.3 Å². The number of aliphatic hydroxyl groups is 1. The molecule has 0 amide bonds. The van der Waals surface area contributed by atoms with Gasteiger partial charge in [-0.05, 0) is 31.0 Å². The van der Waals surface area contributed by atoms with Crippen LogP contribution < -0.4 is 0 Å². The minimum Gasteiger partial charge on any atom is -0.393 e. The molecule has 0 saturated carbocycles. The number of fused-ring (bicyclic) bond motifs is 1. The summed E-state index contributed by atoms with van der Waals surface area (Å²) in [5.74, 6) is 0. The van der Waals surface area contributed by atoms with Gasteiger partial charge >= 0.3 is 0 Å². The lowest BCUT2D eigenvalue weighted by molar-refractivity contribution is 0.148. The van der Waals surface area contributed by atoms with E-state index in [4.69, 9.17) is 0 Å². The van der Waals surface area contributed by atoms with E-state index in [1.165, 1.54) is 0 Å². The van der Waals surface area contributed by atoms with Crippen LogP contribution in [0.25, 0.3) is 11.0 Å². The van der Waals surface area contributed by atoms with E-state index in [9.17, 15) is 5.11 Å². The minimum absolute atomic E-state index is 0.181. The molecular formula is C13H18N2O. The Morgan fingerprint density at radius 3 is 3.06 bits per heavy atom. The highest BCUT2D eigenvalue weighted by atomic mass is 16.3. The minimum atomic E-state index is -0.181. The van der Waals surface area contributed by atoms with Gasteiger partial charge in [-0.25, -0.2) is 0 Å². The molecule has 2 heterocycles. The van der Waals surface area contributed by atoms with Gasteiger partial charge in [0.15, 0.2) is 0 Å². The average Bonchev–Trinajstić information content (AvgIpc) is 2.70. The zero-order valence-corrected chi connectivity index (χ0v) is 9.63. The normalized spacial score (nSPS) is 13.1. The van der Waals surface area contributed by atoms with Crippen molar-refractivity contribution in [1.82, 2.24) is 9.55 Å². The molecule has 3 nitrogen and oxygen atoms in total. The molecule has 1 atom stereocenters. The topological polar surface area (TPSA) is 38.0 Å². The van der Waals surface area contributed by atoms with Gasteiger partial charge < -0.3 is 9.67 Å². The zero-order chi connectivity index (χ0) is 11.4. The van der Waals surface area contributed by atoms with Crippen LogP contribution in [0.1, 0.15) is 26.2 Å². The largest absolute Gasteiger partial charge is 0.393 e. The number of pyridine rings is 1. The Morgan fingerprint density at radius 2 is 2.25 bits per heavy atom. The molecule has 0 fully saturated rings. The van der Waals surface area contributed by atoms with Crippen LogP contribution >= 0.6 is 0 Å². The molecular weight excluding hydrogens is 200 g/mol. The Kier molecular flexibility index (Phi) is 3.57. The molecule has 1 N–H and O–H groups in total. The van der Waals surface area contributed by atoms with E-state index in [0.717, 1.165) is 36.8 Å². The van der Waals surface area contributed by atoms with E-state index in [1.54, 1.807) is 6.20 Å². The maximum Gasteiger partial charge on any atom is 0.0880 e. The van der Waals surface area contributed by atoms with Crippen LogP contribution in [0.15, 0.2) is 30.6 Å². The first kappa shape index (κ1) is 11.1. The fraction of sp³-hybridized carbons (Fsp3) is 0.462. The van der Waals surface area contributed by atoms with Gasteiger partial charge in [-0.2, -0.15) is 0 Å². The molecule has 0 aliphatic rings. The SMILES string of the molecule is CCCC(O)CCn1ccc2ncccc21. The van der Waals surface area contributed by atoms with E-state index < -0.39 is 0 Å². The van der Waals surface area contributed by atoms with Gasteiger partial charge in [-0.15, -0.1) is 0 Å². The molecule has 2 rings (SSSR count). The summed E-state index contributed by atoms with van der Waals surface area (Å²) in [5, 5.41) is 9.69. The van der Waals surface area contributed by atoms with Gasteiger partial charge in [0.25, 0.3) is 0 Å². The summed E-state index contributed by atoms with van der Waals surface area (Å²) >= 11 is 0. The smallest absolute Gasteiger partial charge is 0.0880 e. The number of rotatable bonds is 5. The molecule has 3 heteroatoms. The predicted octanol–water partition coefficient (Wildman–Crippen LogP) is 2.59. The quantitative estimate of drug-likeness (QED) is 0.837. The van der Waals surface area contributed by atoms with E-state index in [1.807, 2.05) is 18.3 Å². The molecule has 2 aromatic rings.